The van der Waals surface area contributed by atoms with Gasteiger partial charge in [-0.2, -0.15) is 5.48 Å². The fourth-order valence-electron chi connectivity index (χ4n) is 1.95. The zero-order valence-electron chi connectivity index (χ0n) is 12.3. The first-order valence-corrected chi connectivity index (χ1v) is 7.28. The lowest BCUT2D eigenvalue weighted by Crippen LogP contribution is -2.28. The van der Waals surface area contributed by atoms with Gasteiger partial charge in [0.05, 0.1) is 11.1 Å². The molecule has 0 saturated heterocycles. The topological polar surface area (TPSA) is 72.5 Å². The van der Waals surface area contributed by atoms with Gasteiger partial charge in [-0.1, -0.05) is 30.7 Å². The van der Waals surface area contributed by atoms with Gasteiger partial charge >= 0.3 is 5.97 Å². The molecule has 2 aromatic carbocycles. The molecule has 0 aliphatic carbocycles. The van der Waals surface area contributed by atoms with Crippen molar-refractivity contribution in [3.05, 3.63) is 69.7 Å². The Morgan fingerprint density at radius 3 is 2.70 bits per heavy atom. The number of halogens is 1. The van der Waals surface area contributed by atoms with Gasteiger partial charge in [0.1, 0.15) is 0 Å². The van der Waals surface area contributed by atoms with E-state index >= 15 is 0 Å². The van der Waals surface area contributed by atoms with Crippen LogP contribution in [0.5, 0.6) is 0 Å². The molecule has 0 bridgehead atoms. The highest BCUT2D eigenvalue weighted by molar-refractivity contribution is 6.31. The molecule has 5 nitrogen and oxygen atoms in total. The van der Waals surface area contributed by atoms with E-state index in [1.807, 2.05) is 18.5 Å². The van der Waals surface area contributed by atoms with Crippen LogP contribution in [0.2, 0.25) is 5.02 Å². The second kappa shape index (κ2) is 7.56. The van der Waals surface area contributed by atoms with Crippen LogP contribution in [0.25, 0.3) is 0 Å². The molecule has 23 heavy (non-hydrogen) atoms. The van der Waals surface area contributed by atoms with Crippen LogP contribution in [0.15, 0.2) is 42.5 Å². The molecule has 2 aromatic rings. The molecule has 2 rings (SSSR count). The summed E-state index contributed by atoms with van der Waals surface area (Å²) in [4.78, 5) is 39.7. The van der Waals surface area contributed by atoms with Crippen LogP contribution >= 0.6 is 11.6 Å². The van der Waals surface area contributed by atoms with E-state index in [9.17, 15) is 14.4 Å². The lowest BCUT2D eigenvalue weighted by molar-refractivity contribution is 0.0230. The summed E-state index contributed by atoms with van der Waals surface area (Å²) in [6, 6.07) is 11.1. The third kappa shape index (κ3) is 4.17. The first-order valence-electron chi connectivity index (χ1n) is 6.90. The van der Waals surface area contributed by atoms with E-state index in [1.54, 1.807) is 18.2 Å². The zero-order chi connectivity index (χ0) is 16.8. The van der Waals surface area contributed by atoms with Gasteiger partial charge in [0.2, 0.25) is 0 Å². The van der Waals surface area contributed by atoms with E-state index in [4.69, 9.17) is 16.4 Å². The van der Waals surface area contributed by atoms with Gasteiger partial charge in [-0.25, -0.2) is 4.79 Å². The zero-order valence-corrected chi connectivity index (χ0v) is 13.1. The van der Waals surface area contributed by atoms with Crippen LogP contribution in [0.1, 0.15) is 43.6 Å². The second-order valence-electron chi connectivity index (χ2n) is 4.72. The normalized spacial score (nSPS) is 10.0. The van der Waals surface area contributed by atoms with Gasteiger partial charge in [0, 0.05) is 10.6 Å². The number of hydrogen-bond acceptors (Lipinski definition) is 4. The fraction of sp³-hybridized carbons (Fsp3) is 0.118. The molecule has 0 unspecified atom stereocenters. The minimum absolute atomic E-state index is 0.0302. The van der Waals surface area contributed by atoms with Crippen molar-refractivity contribution in [3.8, 4) is 0 Å². The van der Waals surface area contributed by atoms with E-state index in [2.05, 4.69) is 0 Å². The van der Waals surface area contributed by atoms with Gasteiger partial charge in [-0.15, -0.1) is 0 Å². The first-order chi connectivity index (χ1) is 11.0. The molecule has 1 amide bonds. The minimum atomic E-state index is -0.727. The van der Waals surface area contributed by atoms with E-state index in [0.717, 1.165) is 12.0 Å². The summed E-state index contributed by atoms with van der Waals surface area (Å²) in [7, 11) is 0. The number of aldehydes is 1. The predicted octanol–water partition coefficient (Wildman–Crippen LogP) is 3.22. The third-order valence-electron chi connectivity index (χ3n) is 3.19. The Bertz CT molecular complexity index is 758. The standard InChI is InChI=1S/C17H14ClNO4/c1-2-11-4-3-5-12(8-11)17(22)23-19-16(21)15-9-14(18)7-6-13(15)10-20/h3-10H,2H2,1H3,(H,19,21). The molecule has 0 aliphatic rings. The maximum Gasteiger partial charge on any atom is 0.362 e. The van der Waals surface area contributed by atoms with Crippen molar-refractivity contribution >= 4 is 29.8 Å². The number of carbonyl (C=O) groups excluding carboxylic acids is 3. The molecule has 0 spiro atoms. The van der Waals surface area contributed by atoms with Crippen molar-refractivity contribution in [2.75, 3.05) is 0 Å². The SMILES string of the molecule is CCc1cccc(C(=O)ONC(=O)c2cc(Cl)ccc2C=O)c1. The van der Waals surface area contributed by atoms with Crippen LogP contribution in [-0.4, -0.2) is 18.2 Å². The molecule has 0 radical (unpaired) electrons. The number of nitrogens with one attached hydrogen (secondary N) is 1. The minimum Gasteiger partial charge on any atom is -0.335 e. The number of rotatable bonds is 4. The van der Waals surface area contributed by atoms with Crippen LogP contribution in [0, 0.1) is 0 Å². The molecule has 0 saturated carbocycles. The molecule has 1 N–H and O–H groups in total. The number of carbonyl (C=O) groups is 3. The van der Waals surface area contributed by atoms with Crippen molar-refractivity contribution < 1.29 is 19.2 Å². The Morgan fingerprint density at radius 1 is 1.22 bits per heavy atom. The first kappa shape index (κ1) is 16.7. The molecular formula is C17H14ClNO4. The molecular weight excluding hydrogens is 318 g/mol. The van der Waals surface area contributed by atoms with Gasteiger partial charge in [0.15, 0.2) is 6.29 Å². The number of aryl methyl sites for hydroxylation is 1. The van der Waals surface area contributed by atoms with Crippen molar-refractivity contribution in [3.63, 3.8) is 0 Å². The third-order valence-corrected chi connectivity index (χ3v) is 3.43. The van der Waals surface area contributed by atoms with E-state index < -0.39 is 11.9 Å². The highest BCUT2D eigenvalue weighted by Crippen LogP contribution is 2.15. The Kier molecular flexibility index (Phi) is 5.49. The largest absolute Gasteiger partial charge is 0.362 e. The van der Waals surface area contributed by atoms with Gasteiger partial charge in [0.25, 0.3) is 5.91 Å². The Morgan fingerprint density at radius 2 is 2.00 bits per heavy atom. The van der Waals surface area contributed by atoms with E-state index in [0.29, 0.717) is 16.9 Å². The predicted molar refractivity (Wildman–Crippen MR) is 85.5 cm³/mol. The highest BCUT2D eigenvalue weighted by atomic mass is 35.5. The summed E-state index contributed by atoms with van der Waals surface area (Å²) in [5, 5.41) is 0.294. The van der Waals surface area contributed by atoms with Crippen LogP contribution in [0.4, 0.5) is 0 Å². The molecule has 0 aliphatic heterocycles. The Hall–Kier alpha value is -2.66. The monoisotopic (exact) mass is 331 g/mol. The molecule has 6 heteroatoms. The summed E-state index contributed by atoms with van der Waals surface area (Å²) < 4.78 is 0. The Balaban J connectivity index is 2.08. The van der Waals surface area contributed by atoms with Crippen LogP contribution in [0.3, 0.4) is 0 Å². The summed E-state index contributed by atoms with van der Waals surface area (Å²) in [5.74, 6) is -1.42. The molecule has 0 aromatic heterocycles. The highest BCUT2D eigenvalue weighted by Gasteiger charge is 2.15. The summed E-state index contributed by atoms with van der Waals surface area (Å²) in [5.41, 5.74) is 3.51. The number of hydroxylamine groups is 1. The Labute approximate surface area is 138 Å². The summed E-state index contributed by atoms with van der Waals surface area (Å²) in [6.07, 6.45) is 1.30. The maximum atomic E-state index is 12.0. The van der Waals surface area contributed by atoms with Crippen molar-refractivity contribution in [1.82, 2.24) is 5.48 Å². The smallest absolute Gasteiger partial charge is 0.335 e. The van der Waals surface area contributed by atoms with Gasteiger partial charge in [-0.3, -0.25) is 9.59 Å². The van der Waals surface area contributed by atoms with Gasteiger partial charge < -0.3 is 4.84 Å². The average Bonchev–Trinajstić information content (AvgIpc) is 2.59. The maximum absolute atomic E-state index is 12.0. The molecule has 118 valence electrons. The molecule has 0 atom stereocenters. The number of amides is 1. The number of benzene rings is 2. The lowest BCUT2D eigenvalue weighted by Gasteiger charge is -2.08. The average molecular weight is 332 g/mol. The lowest BCUT2D eigenvalue weighted by atomic mass is 10.1. The van der Waals surface area contributed by atoms with E-state index in [-0.39, 0.29) is 11.1 Å². The van der Waals surface area contributed by atoms with Crippen molar-refractivity contribution in [2.24, 2.45) is 0 Å². The second-order valence-corrected chi connectivity index (χ2v) is 5.16. The van der Waals surface area contributed by atoms with Crippen molar-refractivity contribution in [1.29, 1.82) is 0 Å². The molecule has 0 heterocycles. The fourth-order valence-corrected chi connectivity index (χ4v) is 2.12. The van der Waals surface area contributed by atoms with Gasteiger partial charge in [-0.05, 0) is 42.3 Å². The van der Waals surface area contributed by atoms with E-state index in [1.165, 1.54) is 18.2 Å². The van der Waals surface area contributed by atoms with Crippen LogP contribution < -0.4 is 5.48 Å². The summed E-state index contributed by atoms with van der Waals surface area (Å²) >= 11 is 5.81. The molecule has 0 fully saturated rings. The quantitative estimate of drug-likeness (QED) is 0.689. The number of hydrogen-bond donors (Lipinski definition) is 1. The van der Waals surface area contributed by atoms with Crippen LogP contribution in [-0.2, 0) is 11.3 Å². The summed E-state index contributed by atoms with van der Waals surface area (Å²) in [6.45, 7) is 1.96. The van der Waals surface area contributed by atoms with Crippen molar-refractivity contribution in [2.45, 2.75) is 13.3 Å².